The minimum atomic E-state index is 0.300. The maximum Gasteiger partial charge on any atom is 0.223 e. The summed E-state index contributed by atoms with van der Waals surface area (Å²) in [6.07, 6.45) is 12.3. The highest BCUT2D eigenvalue weighted by Gasteiger charge is 2.27. The summed E-state index contributed by atoms with van der Waals surface area (Å²) >= 11 is 0. The number of carbonyl (C=O) groups is 1. The maximum absolute atomic E-state index is 12.5. The van der Waals surface area contributed by atoms with Crippen LogP contribution in [-0.2, 0) is 4.79 Å². The van der Waals surface area contributed by atoms with E-state index in [1.165, 1.54) is 87.8 Å². The van der Waals surface area contributed by atoms with Crippen molar-refractivity contribution in [1.82, 2.24) is 10.2 Å². The second-order valence-electron chi connectivity index (χ2n) is 10.4. The minimum absolute atomic E-state index is 0.300. The van der Waals surface area contributed by atoms with Gasteiger partial charge in [0.1, 0.15) is 0 Å². The average Bonchev–Trinajstić information content (AvgIpc) is 2.81. The van der Waals surface area contributed by atoms with Gasteiger partial charge in [-0.25, -0.2) is 0 Å². The Hall–Kier alpha value is -1.55. The highest BCUT2D eigenvalue weighted by molar-refractivity contribution is 5.79. The smallest absolute Gasteiger partial charge is 0.223 e. The van der Waals surface area contributed by atoms with E-state index >= 15 is 0 Å². The number of rotatable bonds is 6. The number of anilines is 1. The van der Waals surface area contributed by atoms with Crippen LogP contribution in [0.5, 0.6) is 0 Å². The molecule has 3 fully saturated rings. The summed E-state index contributed by atoms with van der Waals surface area (Å²) in [6, 6.07) is 7.32. The molecule has 0 aromatic heterocycles. The van der Waals surface area contributed by atoms with Crippen LogP contribution in [0.25, 0.3) is 0 Å². The lowest BCUT2D eigenvalue weighted by Crippen LogP contribution is -2.47. The van der Waals surface area contributed by atoms with E-state index in [9.17, 15) is 4.79 Å². The van der Waals surface area contributed by atoms with Crippen LogP contribution in [0.4, 0.5) is 5.69 Å². The first kappa shape index (κ1) is 22.6. The van der Waals surface area contributed by atoms with Gasteiger partial charge in [-0.3, -0.25) is 9.69 Å². The Labute approximate surface area is 189 Å². The molecule has 4 nitrogen and oxygen atoms in total. The SMILES string of the molecule is Cc1ccc(N2CCN(CCC3CCC(NC(=O)C4CCCCC4)CC3)CC2)cc1C. The molecule has 3 aliphatic rings. The molecule has 2 aliphatic carbocycles. The molecule has 0 atom stereocenters. The predicted molar refractivity (Wildman–Crippen MR) is 130 cm³/mol. The molecule has 1 N–H and O–H groups in total. The molecule has 1 aromatic carbocycles. The van der Waals surface area contributed by atoms with Gasteiger partial charge in [0.15, 0.2) is 0 Å². The van der Waals surface area contributed by atoms with E-state index < -0.39 is 0 Å². The Morgan fingerprint density at radius 1 is 0.903 bits per heavy atom. The number of nitrogens with zero attached hydrogens (tertiary/aromatic N) is 2. The number of carbonyl (C=O) groups excluding carboxylic acids is 1. The first-order valence-electron chi connectivity index (χ1n) is 12.9. The van der Waals surface area contributed by atoms with Gasteiger partial charge in [0, 0.05) is 43.8 Å². The molecule has 0 spiro atoms. The summed E-state index contributed by atoms with van der Waals surface area (Å²) in [4.78, 5) is 17.7. The van der Waals surface area contributed by atoms with Crippen LogP contribution in [0, 0.1) is 25.7 Å². The molecule has 0 unspecified atom stereocenters. The second-order valence-corrected chi connectivity index (χ2v) is 10.4. The van der Waals surface area contributed by atoms with Crippen LogP contribution < -0.4 is 10.2 Å². The van der Waals surface area contributed by atoms with E-state index in [1.54, 1.807) is 0 Å². The molecule has 172 valence electrons. The highest BCUT2D eigenvalue weighted by Crippen LogP contribution is 2.29. The van der Waals surface area contributed by atoms with Crippen LogP contribution in [0.1, 0.15) is 75.3 Å². The van der Waals surface area contributed by atoms with Crippen LogP contribution in [0.15, 0.2) is 18.2 Å². The summed E-state index contributed by atoms with van der Waals surface area (Å²) in [5, 5.41) is 3.39. The number of nitrogens with one attached hydrogen (secondary N) is 1. The first-order chi connectivity index (χ1) is 15.1. The third-order valence-electron chi connectivity index (χ3n) is 8.25. The number of amides is 1. The summed E-state index contributed by atoms with van der Waals surface area (Å²) in [6.45, 7) is 10.3. The molecule has 2 saturated carbocycles. The molecule has 1 saturated heterocycles. The number of aryl methyl sites for hydroxylation is 2. The van der Waals surface area contributed by atoms with Gasteiger partial charge in [-0.15, -0.1) is 0 Å². The third kappa shape index (κ3) is 6.25. The summed E-state index contributed by atoms with van der Waals surface area (Å²) in [5.41, 5.74) is 4.16. The van der Waals surface area contributed by atoms with E-state index in [0.29, 0.717) is 17.9 Å². The van der Waals surface area contributed by atoms with Crippen LogP contribution in [-0.4, -0.2) is 49.6 Å². The zero-order valence-corrected chi connectivity index (χ0v) is 19.9. The normalized spacial score (nSPS) is 26.1. The van der Waals surface area contributed by atoms with Crippen molar-refractivity contribution in [3.05, 3.63) is 29.3 Å². The molecule has 1 aromatic rings. The van der Waals surface area contributed by atoms with Gasteiger partial charge in [-0.1, -0.05) is 25.3 Å². The molecule has 1 aliphatic heterocycles. The quantitative estimate of drug-likeness (QED) is 0.691. The van der Waals surface area contributed by atoms with Crippen molar-refractivity contribution in [2.45, 2.75) is 84.1 Å². The van der Waals surface area contributed by atoms with Gasteiger partial charge in [0.05, 0.1) is 0 Å². The van der Waals surface area contributed by atoms with Crippen molar-refractivity contribution >= 4 is 11.6 Å². The van der Waals surface area contributed by atoms with Crippen molar-refractivity contribution in [2.24, 2.45) is 11.8 Å². The highest BCUT2D eigenvalue weighted by atomic mass is 16.1. The fourth-order valence-electron chi connectivity index (χ4n) is 5.80. The van der Waals surface area contributed by atoms with Crippen molar-refractivity contribution in [1.29, 1.82) is 0 Å². The molecule has 4 heteroatoms. The van der Waals surface area contributed by atoms with E-state index in [0.717, 1.165) is 31.8 Å². The number of benzene rings is 1. The largest absolute Gasteiger partial charge is 0.369 e. The van der Waals surface area contributed by atoms with E-state index in [2.05, 4.69) is 47.2 Å². The van der Waals surface area contributed by atoms with Gasteiger partial charge in [0.25, 0.3) is 0 Å². The zero-order valence-electron chi connectivity index (χ0n) is 19.9. The Bertz CT molecular complexity index is 711. The topological polar surface area (TPSA) is 35.6 Å². The summed E-state index contributed by atoms with van der Waals surface area (Å²) in [7, 11) is 0. The molecule has 31 heavy (non-hydrogen) atoms. The van der Waals surface area contributed by atoms with Crippen molar-refractivity contribution in [3.8, 4) is 0 Å². The van der Waals surface area contributed by atoms with Crippen LogP contribution in [0.2, 0.25) is 0 Å². The lowest BCUT2D eigenvalue weighted by molar-refractivity contribution is -0.126. The number of piperazine rings is 1. The van der Waals surface area contributed by atoms with E-state index in [4.69, 9.17) is 0 Å². The molecule has 4 rings (SSSR count). The molecular weight excluding hydrogens is 382 g/mol. The average molecular weight is 426 g/mol. The van der Waals surface area contributed by atoms with E-state index in [1.807, 2.05) is 0 Å². The van der Waals surface area contributed by atoms with Crippen LogP contribution >= 0.6 is 0 Å². The molecular formula is C27H43N3O. The molecule has 0 radical (unpaired) electrons. The fraction of sp³-hybridized carbons (Fsp3) is 0.741. The third-order valence-corrected chi connectivity index (χ3v) is 8.25. The van der Waals surface area contributed by atoms with E-state index in [-0.39, 0.29) is 0 Å². The van der Waals surface area contributed by atoms with Gasteiger partial charge < -0.3 is 10.2 Å². The standard InChI is InChI=1S/C27H43N3O/c1-21-8-13-26(20-22(21)2)30-18-16-29(17-19-30)15-14-23-9-11-25(12-10-23)28-27(31)24-6-4-3-5-7-24/h8,13,20,23-25H,3-7,9-12,14-19H2,1-2H3,(H,28,31). The second kappa shape index (κ2) is 10.8. The predicted octanol–water partition coefficient (Wildman–Crippen LogP) is 5.07. The van der Waals surface area contributed by atoms with Gasteiger partial charge in [-0.05, 0) is 94.5 Å². The Morgan fingerprint density at radius 2 is 1.61 bits per heavy atom. The van der Waals surface area contributed by atoms with Crippen molar-refractivity contribution < 1.29 is 4.79 Å². The van der Waals surface area contributed by atoms with Gasteiger partial charge >= 0.3 is 0 Å². The van der Waals surface area contributed by atoms with Gasteiger partial charge in [-0.2, -0.15) is 0 Å². The molecule has 0 bridgehead atoms. The Balaban J connectivity index is 1.12. The first-order valence-corrected chi connectivity index (χ1v) is 12.9. The number of hydrogen-bond donors (Lipinski definition) is 1. The monoisotopic (exact) mass is 425 g/mol. The summed E-state index contributed by atoms with van der Waals surface area (Å²) in [5.74, 6) is 1.50. The molecule has 1 amide bonds. The lowest BCUT2D eigenvalue weighted by atomic mass is 9.83. The Kier molecular flexibility index (Phi) is 7.92. The fourth-order valence-corrected chi connectivity index (χ4v) is 5.80. The molecule has 1 heterocycles. The summed E-state index contributed by atoms with van der Waals surface area (Å²) < 4.78 is 0. The minimum Gasteiger partial charge on any atom is -0.369 e. The number of hydrogen-bond acceptors (Lipinski definition) is 3. The maximum atomic E-state index is 12.5. The lowest BCUT2D eigenvalue weighted by Gasteiger charge is -2.37. The zero-order chi connectivity index (χ0) is 21.6. The van der Waals surface area contributed by atoms with Gasteiger partial charge in [0.2, 0.25) is 5.91 Å². The Morgan fingerprint density at radius 3 is 2.29 bits per heavy atom. The van der Waals surface area contributed by atoms with Crippen molar-refractivity contribution in [3.63, 3.8) is 0 Å². The van der Waals surface area contributed by atoms with Crippen LogP contribution in [0.3, 0.4) is 0 Å². The van der Waals surface area contributed by atoms with Crippen molar-refractivity contribution in [2.75, 3.05) is 37.6 Å².